The summed E-state index contributed by atoms with van der Waals surface area (Å²) in [6, 6.07) is 16.0. The molecule has 0 spiro atoms. The lowest BCUT2D eigenvalue weighted by Crippen LogP contribution is -2.39. The average molecular weight is 423 g/mol. The zero-order chi connectivity index (χ0) is 22.0. The van der Waals surface area contributed by atoms with Gasteiger partial charge in [-0.1, -0.05) is 30.3 Å². The highest BCUT2D eigenvalue weighted by Crippen LogP contribution is 2.31. The molecular weight excluding hydrogens is 402 g/mol. The van der Waals surface area contributed by atoms with Gasteiger partial charge >= 0.3 is 5.97 Å². The van der Waals surface area contributed by atoms with Gasteiger partial charge in [0.15, 0.2) is 18.1 Å². The lowest BCUT2D eigenvalue weighted by Gasteiger charge is -2.24. The summed E-state index contributed by atoms with van der Waals surface area (Å²) >= 11 is 0. The van der Waals surface area contributed by atoms with Gasteiger partial charge in [0.1, 0.15) is 12.3 Å². The second-order valence-electron chi connectivity index (χ2n) is 6.96. The van der Waals surface area contributed by atoms with E-state index < -0.39 is 24.6 Å². The molecule has 2 heterocycles. The van der Waals surface area contributed by atoms with Crippen molar-refractivity contribution in [2.24, 2.45) is 7.05 Å². The molecule has 0 aliphatic carbocycles. The first-order valence-electron chi connectivity index (χ1n) is 9.64. The molecule has 0 saturated heterocycles. The monoisotopic (exact) mass is 423 g/mol. The largest absolute Gasteiger partial charge is 0.485 e. The number of ether oxygens (including phenoxy) is 3. The normalized spacial score (nSPS) is 14.7. The van der Waals surface area contributed by atoms with Gasteiger partial charge < -0.3 is 19.5 Å². The number of nitrogens with zero attached hydrogens (tertiary/aromatic N) is 2. The van der Waals surface area contributed by atoms with E-state index in [1.165, 1.54) is 4.68 Å². The lowest BCUT2D eigenvalue weighted by atomic mass is 10.2. The number of hydrogen-bond acceptors (Lipinski definition) is 6. The Morgan fingerprint density at radius 3 is 2.52 bits per heavy atom. The van der Waals surface area contributed by atoms with Gasteiger partial charge in [0, 0.05) is 7.05 Å². The Morgan fingerprint density at radius 2 is 1.77 bits per heavy atom. The molecule has 1 atom stereocenters. The maximum absolute atomic E-state index is 12.8. The van der Waals surface area contributed by atoms with Crippen LogP contribution in [-0.4, -0.2) is 40.6 Å². The van der Waals surface area contributed by atoms with Crippen molar-refractivity contribution in [3.8, 4) is 17.2 Å². The smallest absolute Gasteiger partial charge is 0.351 e. The topological polar surface area (TPSA) is 101 Å². The van der Waals surface area contributed by atoms with E-state index in [9.17, 15) is 14.4 Å². The van der Waals surface area contributed by atoms with Crippen LogP contribution in [0.15, 0.2) is 59.4 Å². The molecule has 2 aromatic carbocycles. The molecule has 160 valence electrons. The second kappa shape index (κ2) is 8.39. The number of aromatic nitrogens is 2. The molecule has 31 heavy (non-hydrogen) atoms. The standard InChI is InChI=1S/C22H21N3O6/c1-14-20(21(27)25(24(14)2)15-8-4-3-5-9-15)23-19(26)13-30-22(28)18-12-29-16-10-6-7-11-17(16)31-18/h3-11,18H,12-13H2,1-2H3,(H,23,26). The minimum atomic E-state index is -0.975. The summed E-state index contributed by atoms with van der Waals surface area (Å²) in [6.45, 7) is 1.14. The van der Waals surface area contributed by atoms with E-state index in [2.05, 4.69) is 5.32 Å². The fourth-order valence-electron chi connectivity index (χ4n) is 3.25. The van der Waals surface area contributed by atoms with Crippen molar-refractivity contribution in [3.05, 3.63) is 70.6 Å². The van der Waals surface area contributed by atoms with Crippen LogP contribution in [0.4, 0.5) is 5.69 Å². The molecule has 0 saturated carbocycles. The van der Waals surface area contributed by atoms with Gasteiger partial charge in [0.2, 0.25) is 6.10 Å². The number of carbonyl (C=O) groups is 2. The third-order valence-electron chi connectivity index (χ3n) is 4.94. The van der Waals surface area contributed by atoms with Crippen molar-refractivity contribution in [1.82, 2.24) is 9.36 Å². The van der Waals surface area contributed by atoms with Gasteiger partial charge in [-0.2, -0.15) is 0 Å². The summed E-state index contributed by atoms with van der Waals surface area (Å²) in [6.07, 6.45) is -0.975. The first-order chi connectivity index (χ1) is 15.0. The Balaban J connectivity index is 1.40. The van der Waals surface area contributed by atoms with Crippen molar-refractivity contribution < 1.29 is 23.8 Å². The highest BCUT2D eigenvalue weighted by molar-refractivity contribution is 5.93. The minimum Gasteiger partial charge on any atom is -0.485 e. The van der Waals surface area contributed by atoms with Crippen LogP contribution in [0.25, 0.3) is 5.69 Å². The Hall–Kier alpha value is -4.01. The molecule has 9 heteroatoms. The van der Waals surface area contributed by atoms with Crippen molar-refractivity contribution in [2.75, 3.05) is 18.5 Å². The zero-order valence-corrected chi connectivity index (χ0v) is 17.0. The van der Waals surface area contributed by atoms with Crippen LogP contribution < -0.4 is 20.3 Å². The number of fused-ring (bicyclic) bond motifs is 1. The van der Waals surface area contributed by atoms with Crippen molar-refractivity contribution in [2.45, 2.75) is 13.0 Å². The summed E-state index contributed by atoms with van der Waals surface area (Å²) in [5.41, 5.74) is 0.971. The van der Waals surface area contributed by atoms with Crippen LogP contribution in [-0.2, 0) is 21.4 Å². The Kier molecular flexibility index (Phi) is 5.48. The highest BCUT2D eigenvalue weighted by Gasteiger charge is 2.29. The number of anilines is 1. The summed E-state index contributed by atoms with van der Waals surface area (Å²) in [4.78, 5) is 37.4. The van der Waals surface area contributed by atoms with E-state index in [0.29, 0.717) is 22.9 Å². The Morgan fingerprint density at radius 1 is 1.10 bits per heavy atom. The van der Waals surface area contributed by atoms with Gasteiger partial charge in [-0.05, 0) is 31.2 Å². The van der Waals surface area contributed by atoms with Gasteiger partial charge in [0.25, 0.3) is 11.5 Å². The maximum atomic E-state index is 12.8. The molecule has 0 fully saturated rings. The van der Waals surface area contributed by atoms with E-state index in [0.717, 1.165) is 0 Å². The van der Waals surface area contributed by atoms with Crippen LogP contribution in [0.5, 0.6) is 11.5 Å². The number of amides is 1. The number of nitrogens with one attached hydrogen (secondary N) is 1. The number of esters is 1. The van der Waals surface area contributed by atoms with Crippen LogP contribution >= 0.6 is 0 Å². The fraction of sp³-hybridized carbons (Fsp3) is 0.227. The summed E-state index contributed by atoms with van der Waals surface area (Å²) in [7, 11) is 1.72. The molecule has 1 N–H and O–H groups in total. The molecule has 0 bridgehead atoms. The number of carbonyl (C=O) groups excluding carboxylic acids is 2. The zero-order valence-electron chi connectivity index (χ0n) is 17.0. The van der Waals surface area contributed by atoms with E-state index in [-0.39, 0.29) is 17.9 Å². The molecule has 1 amide bonds. The summed E-state index contributed by atoms with van der Waals surface area (Å²) < 4.78 is 19.2. The summed E-state index contributed by atoms with van der Waals surface area (Å²) in [5.74, 6) is -0.382. The van der Waals surface area contributed by atoms with E-state index in [4.69, 9.17) is 14.2 Å². The average Bonchev–Trinajstić information content (AvgIpc) is 3.00. The van der Waals surface area contributed by atoms with Crippen LogP contribution in [0.3, 0.4) is 0 Å². The van der Waals surface area contributed by atoms with Crippen molar-refractivity contribution in [3.63, 3.8) is 0 Å². The fourth-order valence-corrected chi connectivity index (χ4v) is 3.25. The molecule has 1 unspecified atom stereocenters. The van der Waals surface area contributed by atoms with Crippen LogP contribution in [0.2, 0.25) is 0 Å². The summed E-state index contributed by atoms with van der Waals surface area (Å²) in [5, 5.41) is 2.54. The van der Waals surface area contributed by atoms with E-state index in [1.807, 2.05) is 18.2 Å². The number of benzene rings is 2. The highest BCUT2D eigenvalue weighted by atomic mass is 16.6. The van der Waals surface area contributed by atoms with Crippen molar-refractivity contribution in [1.29, 1.82) is 0 Å². The van der Waals surface area contributed by atoms with Gasteiger partial charge in [-0.15, -0.1) is 0 Å². The quantitative estimate of drug-likeness (QED) is 0.628. The van der Waals surface area contributed by atoms with Gasteiger partial charge in [-0.3, -0.25) is 14.3 Å². The van der Waals surface area contributed by atoms with Gasteiger partial charge in [0.05, 0.1) is 11.4 Å². The van der Waals surface area contributed by atoms with Gasteiger partial charge in [-0.25, -0.2) is 9.48 Å². The first kappa shape index (κ1) is 20.3. The molecule has 1 aliphatic rings. The third kappa shape index (κ3) is 4.02. The molecule has 3 aromatic rings. The molecule has 9 nitrogen and oxygen atoms in total. The molecule has 4 rings (SSSR count). The third-order valence-corrected chi connectivity index (χ3v) is 4.94. The SMILES string of the molecule is Cc1c(NC(=O)COC(=O)C2COc3ccccc3O2)c(=O)n(-c2ccccc2)n1C. The van der Waals surface area contributed by atoms with E-state index >= 15 is 0 Å². The predicted molar refractivity (Wildman–Crippen MR) is 112 cm³/mol. The minimum absolute atomic E-state index is 0.0168. The molecule has 0 radical (unpaired) electrons. The van der Waals surface area contributed by atoms with E-state index in [1.54, 1.807) is 55.1 Å². The van der Waals surface area contributed by atoms with Crippen LogP contribution in [0.1, 0.15) is 5.69 Å². The molecular formula is C22H21N3O6. The first-order valence-corrected chi connectivity index (χ1v) is 9.64. The molecule has 1 aromatic heterocycles. The number of rotatable bonds is 5. The Bertz CT molecular complexity index is 1180. The number of hydrogen-bond donors (Lipinski definition) is 1. The predicted octanol–water partition coefficient (Wildman–Crippen LogP) is 1.81. The van der Waals surface area contributed by atoms with Crippen molar-refractivity contribution >= 4 is 17.6 Å². The number of para-hydroxylation sites is 3. The maximum Gasteiger partial charge on any atom is 0.351 e. The second-order valence-corrected chi connectivity index (χ2v) is 6.96. The Labute approximate surface area is 177 Å². The lowest BCUT2D eigenvalue weighted by molar-refractivity contribution is -0.156. The molecule has 1 aliphatic heterocycles. The van der Waals surface area contributed by atoms with Crippen LogP contribution in [0, 0.1) is 6.92 Å².